The Morgan fingerprint density at radius 2 is 1.97 bits per heavy atom. The number of H-pyrrole nitrogens is 1. The molecule has 0 atom stereocenters. The van der Waals surface area contributed by atoms with Gasteiger partial charge in [-0.25, -0.2) is 4.79 Å². The van der Waals surface area contributed by atoms with E-state index in [1.54, 1.807) is 24.3 Å². The van der Waals surface area contributed by atoms with Crippen molar-refractivity contribution >= 4 is 28.3 Å². The van der Waals surface area contributed by atoms with Gasteiger partial charge in [-0.05, 0) is 68.4 Å². The lowest BCUT2D eigenvalue weighted by molar-refractivity contribution is 0.215. The molecule has 0 saturated heterocycles. The fourth-order valence-corrected chi connectivity index (χ4v) is 3.50. The predicted molar refractivity (Wildman–Crippen MR) is 116 cm³/mol. The van der Waals surface area contributed by atoms with E-state index < -0.39 is 6.09 Å². The summed E-state index contributed by atoms with van der Waals surface area (Å²) in [7, 11) is 2.13. The van der Waals surface area contributed by atoms with E-state index in [1.807, 2.05) is 31.3 Å². The van der Waals surface area contributed by atoms with Crippen LogP contribution in [0.15, 0.2) is 54.7 Å². The first-order valence-corrected chi connectivity index (χ1v) is 9.83. The zero-order chi connectivity index (χ0) is 20.2. The van der Waals surface area contributed by atoms with E-state index >= 15 is 0 Å². The number of anilines is 1. The van der Waals surface area contributed by atoms with Crippen LogP contribution in [0, 0.1) is 0 Å². The molecule has 150 valence electrons. The second-order valence-corrected chi connectivity index (χ2v) is 7.12. The van der Waals surface area contributed by atoms with Gasteiger partial charge in [0.15, 0.2) is 0 Å². The van der Waals surface area contributed by atoms with Gasteiger partial charge in [0, 0.05) is 41.4 Å². The molecule has 6 nitrogen and oxygen atoms in total. The average Bonchev–Trinajstić information content (AvgIpc) is 3.13. The van der Waals surface area contributed by atoms with Crippen molar-refractivity contribution in [2.45, 2.75) is 13.3 Å². The zero-order valence-electron chi connectivity index (χ0n) is 16.7. The number of amides is 1. The molecule has 3 aromatic rings. The Hall–Kier alpha value is -3.25. The highest BCUT2D eigenvalue weighted by molar-refractivity contribution is 5.97. The van der Waals surface area contributed by atoms with E-state index in [0.29, 0.717) is 18.0 Å². The standard InChI is InChI=1S/C23H25N3O3/c1-3-28-18-5-7-19(8-6-18)29-23(27)25-17-4-9-22-20(14-17)21(15-24-22)16-10-12-26(2)13-11-16/h4-10,14-15,24H,3,11-13H2,1-2H3,(H,25,27). The van der Waals surface area contributed by atoms with Crippen LogP contribution in [0.25, 0.3) is 16.5 Å². The SMILES string of the molecule is CCOc1ccc(OC(=O)Nc2ccc3[nH]cc(C4=CCN(C)CC4)c3c2)cc1. The van der Waals surface area contributed by atoms with Gasteiger partial charge in [0.05, 0.1) is 6.61 Å². The van der Waals surface area contributed by atoms with Gasteiger partial charge in [0.1, 0.15) is 11.5 Å². The van der Waals surface area contributed by atoms with Crippen molar-refractivity contribution in [3.8, 4) is 11.5 Å². The highest BCUT2D eigenvalue weighted by atomic mass is 16.6. The number of rotatable bonds is 5. The minimum Gasteiger partial charge on any atom is -0.494 e. The highest BCUT2D eigenvalue weighted by Crippen LogP contribution is 2.31. The lowest BCUT2D eigenvalue weighted by atomic mass is 9.99. The number of fused-ring (bicyclic) bond motifs is 1. The largest absolute Gasteiger partial charge is 0.494 e. The van der Waals surface area contributed by atoms with Crippen LogP contribution in [-0.2, 0) is 0 Å². The Morgan fingerprint density at radius 1 is 1.17 bits per heavy atom. The Kier molecular flexibility index (Phi) is 5.53. The number of carbonyl (C=O) groups excluding carboxylic acids is 1. The minimum atomic E-state index is -0.524. The van der Waals surface area contributed by atoms with Gasteiger partial charge in [-0.1, -0.05) is 6.08 Å². The summed E-state index contributed by atoms with van der Waals surface area (Å²) in [6.07, 6.45) is 4.81. The third kappa shape index (κ3) is 4.43. The average molecular weight is 391 g/mol. The second-order valence-electron chi connectivity index (χ2n) is 7.12. The molecule has 1 aliphatic heterocycles. The third-order valence-corrected chi connectivity index (χ3v) is 5.03. The summed E-state index contributed by atoms with van der Waals surface area (Å²) in [5, 5.41) is 3.91. The van der Waals surface area contributed by atoms with Crippen molar-refractivity contribution < 1.29 is 14.3 Å². The van der Waals surface area contributed by atoms with Crippen molar-refractivity contribution in [1.82, 2.24) is 9.88 Å². The maximum absolute atomic E-state index is 12.3. The van der Waals surface area contributed by atoms with E-state index in [9.17, 15) is 4.79 Å². The number of aromatic amines is 1. The summed E-state index contributed by atoms with van der Waals surface area (Å²) in [6, 6.07) is 12.8. The fourth-order valence-electron chi connectivity index (χ4n) is 3.50. The van der Waals surface area contributed by atoms with Crippen molar-refractivity contribution in [2.24, 2.45) is 0 Å². The van der Waals surface area contributed by atoms with E-state index in [-0.39, 0.29) is 0 Å². The van der Waals surface area contributed by atoms with Crippen LogP contribution in [0.5, 0.6) is 11.5 Å². The van der Waals surface area contributed by atoms with Crippen molar-refractivity contribution in [3.63, 3.8) is 0 Å². The van der Waals surface area contributed by atoms with E-state index in [1.165, 1.54) is 11.1 Å². The number of likely N-dealkylation sites (N-methyl/N-ethyl adjacent to an activating group) is 1. The number of hydrogen-bond acceptors (Lipinski definition) is 4. The van der Waals surface area contributed by atoms with Crippen LogP contribution in [0.4, 0.5) is 10.5 Å². The van der Waals surface area contributed by atoms with Gasteiger partial charge < -0.3 is 19.4 Å². The molecule has 2 N–H and O–H groups in total. The number of hydrogen-bond donors (Lipinski definition) is 2. The quantitative estimate of drug-likeness (QED) is 0.649. The molecule has 0 fully saturated rings. The summed E-state index contributed by atoms with van der Waals surface area (Å²) in [6.45, 7) is 4.52. The maximum atomic E-state index is 12.3. The van der Waals surface area contributed by atoms with Gasteiger partial charge in [-0.15, -0.1) is 0 Å². The summed E-state index contributed by atoms with van der Waals surface area (Å²) in [5.74, 6) is 1.21. The minimum absolute atomic E-state index is 0.464. The van der Waals surface area contributed by atoms with Gasteiger partial charge >= 0.3 is 6.09 Å². The molecule has 0 radical (unpaired) electrons. The Morgan fingerprint density at radius 3 is 2.69 bits per heavy atom. The molecule has 0 bridgehead atoms. The second kappa shape index (κ2) is 8.41. The lowest BCUT2D eigenvalue weighted by Gasteiger charge is -2.21. The van der Waals surface area contributed by atoms with Crippen LogP contribution in [0.2, 0.25) is 0 Å². The van der Waals surface area contributed by atoms with Crippen LogP contribution < -0.4 is 14.8 Å². The Bertz CT molecular complexity index is 1040. The number of carbonyl (C=O) groups is 1. The molecule has 1 aromatic heterocycles. The molecular formula is C23H25N3O3. The van der Waals surface area contributed by atoms with Crippen LogP contribution >= 0.6 is 0 Å². The van der Waals surface area contributed by atoms with E-state index in [0.717, 1.165) is 36.2 Å². The Labute approximate surface area is 170 Å². The topological polar surface area (TPSA) is 66.6 Å². The predicted octanol–water partition coefficient (Wildman–Crippen LogP) is 4.90. The first-order valence-electron chi connectivity index (χ1n) is 9.83. The van der Waals surface area contributed by atoms with Gasteiger partial charge in [-0.2, -0.15) is 0 Å². The number of nitrogens with zero attached hydrogens (tertiary/aromatic N) is 1. The molecule has 2 aromatic carbocycles. The smallest absolute Gasteiger partial charge is 0.417 e. The molecule has 29 heavy (non-hydrogen) atoms. The molecule has 4 rings (SSSR count). The fraction of sp³-hybridized carbons (Fsp3) is 0.261. The first kappa shape index (κ1) is 19.1. The van der Waals surface area contributed by atoms with Gasteiger partial charge in [0.2, 0.25) is 0 Å². The van der Waals surface area contributed by atoms with Crippen molar-refractivity contribution in [2.75, 3.05) is 32.1 Å². The molecular weight excluding hydrogens is 366 g/mol. The maximum Gasteiger partial charge on any atom is 0.417 e. The molecule has 1 amide bonds. The van der Waals surface area contributed by atoms with Crippen LogP contribution in [-0.4, -0.2) is 42.7 Å². The number of ether oxygens (including phenoxy) is 2. The van der Waals surface area contributed by atoms with Crippen molar-refractivity contribution in [1.29, 1.82) is 0 Å². The van der Waals surface area contributed by atoms with E-state index in [2.05, 4.69) is 28.3 Å². The summed E-state index contributed by atoms with van der Waals surface area (Å²) in [4.78, 5) is 17.9. The van der Waals surface area contributed by atoms with Gasteiger partial charge in [0.25, 0.3) is 0 Å². The molecule has 6 heteroatoms. The number of nitrogens with one attached hydrogen (secondary N) is 2. The van der Waals surface area contributed by atoms with Crippen molar-refractivity contribution in [3.05, 3.63) is 60.3 Å². The van der Waals surface area contributed by atoms with Crippen LogP contribution in [0.1, 0.15) is 18.9 Å². The summed E-state index contributed by atoms with van der Waals surface area (Å²) < 4.78 is 10.8. The Balaban J connectivity index is 1.47. The third-order valence-electron chi connectivity index (χ3n) is 5.03. The molecule has 0 aliphatic carbocycles. The number of benzene rings is 2. The summed E-state index contributed by atoms with van der Waals surface area (Å²) >= 11 is 0. The molecule has 0 spiro atoms. The normalized spacial score (nSPS) is 14.5. The zero-order valence-corrected chi connectivity index (χ0v) is 16.7. The highest BCUT2D eigenvalue weighted by Gasteiger charge is 2.14. The molecule has 0 unspecified atom stereocenters. The molecule has 1 aliphatic rings. The lowest BCUT2D eigenvalue weighted by Crippen LogP contribution is -2.23. The summed E-state index contributed by atoms with van der Waals surface area (Å²) in [5.41, 5.74) is 4.27. The number of aromatic nitrogens is 1. The van der Waals surface area contributed by atoms with E-state index in [4.69, 9.17) is 9.47 Å². The van der Waals surface area contributed by atoms with Crippen LogP contribution in [0.3, 0.4) is 0 Å². The molecule has 2 heterocycles. The first-order chi connectivity index (χ1) is 14.1. The van der Waals surface area contributed by atoms with Gasteiger partial charge in [-0.3, -0.25) is 5.32 Å². The molecule has 0 saturated carbocycles. The monoisotopic (exact) mass is 391 g/mol.